The van der Waals surface area contributed by atoms with Gasteiger partial charge in [0.1, 0.15) is 5.57 Å². The van der Waals surface area contributed by atoms with Crippen LogP contribution in [-0.2, 0) is 9.59 Å². The smallest absolute Gasteiger partial charge is 0.335 e. The molecule has 0 atom stereocenters. The van der Waals surface area contributed by atoms with Crippen molar-refractivity contribution in [3.8, 4) is 11.5 Å². The highest BCUT2D eigenvalue weighted by Gasteiger charge is 2.37. The molecule has 7 nitrogen and oxygen atoms in total. The third kappa shape index (κ3) is 6.59. The number of methoxy groups -OCH3 is 1. The number of amides is 4. The van der Waals surface area contributed by atoms with Gasteiger partial charge in [0.25, 0.3) is 11.8 Å². The zero-order valence-electron chi connectivity index (χ0n) is 20.7. The Morgan fingerprint density at radius 3 is 2.44 bits per heavy atom. The normalized spacial score (nSPS) is 14.9. The second-order valence-electron chi connectivity index (χ2n) is 8.54. The van der Waals surface area contributed by atoms with E-state index in [0.717, 1.165) is 17.7 Å². The Labute approximate surface area is 221 Å². The van der Waals surface area contributed by atoms with E-state index in [9.17, 15) is 14.4 Å². The third-order valence-electron chi connectivity index (χ3n) is 5.82. The number of hydrogen-bond donors (Lipinski definition) is 1. The van der Waals surface area contributed by atoms with Crippen LogP contribution in [0.2, 0.25) is 10.0 Å². The van der Waals surface area contributed by atoms with Crippen LogP contribution in [0.15, 0.2) is 35.9 Å². The van der Waals surface area contributed by atoms with Crippen LogP contribution < -0.4 is 19.7 Å². The molecule has 1 saturated heterocycles. The summed E-state index contributed by atoms with van der Waals surface area (Å²) in [5, 5.41) is 2.85. The molecule has 0 aliphatic carbocycles. The average Bonchev–Trinajstić information content (AvgIpc) is 2.84. The van der Waals surface area contributed by atoms with Gasteiger partial charge in [-0.25, -0.2) is 9.69 Å². The molecule has 36 heavy (non-hydrogen) atoms. The SMILES string of the molecule is CCCCCCCCOc1c(Cl)cc(/C=C2\C(=O)NC(=O)N(c3cc(Cl)ccc3C)C2=O)cc1OC. The summed E-state index contributed by atoms with van der Waals surface area (Å²) in [6.07, 6.45) is 8.16. The minimum Gasteiger partial charge on any atom is -0.493 e. The van der Waals surface area contributed by atoms with Crippen LogP contribution in [0.25, 0.3) is 6.08 Å². The van der Waals surface area contributed by atoms with Gasteiger partial charge < -0.3 is 9.47 Å². The summed E-state index contributed by atoms with van der Waals surface area (Å²) >= 11 is 12.5. The fourth-order valence-corrected chi connectivity index (χ4v) is 4.33. The maximum Gasteiger partial charge on any atom is 0.335 e. The molecule has 0 aromatic heterocycles. The Bertz CT molecular complexity index is 1180. The number of barbiturate groups is 1. The molecular weight excluding hydrogens is 503 g/mol. The number of aryl methyl sites for hydroxylation is 1. The quantitative estimate of drug-likeness (QED) is 0.197. The standard InChI is InChI=1S/C27H30Cl2N2O5/c1-4-5-6-7-8-9-12-36-24-21(29)14-18(15-23(24)35-3)13-20-25(32)30-27(34)31(26(20)33)22-16-19(28)11-10-17(22)2/h10-11,13-16H,4-9,12H2,1-3H3,(H,30,32,34)/b20-13+. The predicted molar refractivity (Wildman–Crippen MR) is 142 cm³/mol. The van der Waals surface area contributed by atoms with Crippen LogP contribution in [0, 0.1) is 6.92 Å². The molecule has 9 heteroatoms. The number of urea groups is 1. The first kappa shape index (κ1) is 27.6. The Hall–Kier alpha value is -3.03. The van der Waals surface area contributed by atoms with Crippen molar-refractivity contribution in [1.82, 2.24) is 5.32 Å². The second-order valence-corrected chi connectivity index (χ2v) is 9.38. The molecular formula is C27H30Cl2N2O5. The lowest BCUT2D eigenvalue weighted by Crippen LogP contribution is -2.54. The Balaban J connectivity index is 1.82. The fraction of sp³-hybridized carbons (Fsp3) is 0.370. The number of imide groups is 2. The minimum absolute atomic E-state index is 0.229. The molecule has 4 amide bonds. The second kappa shape index (κ2) is 12.8. The maximum atomic E-state index is 13.2. The van der Waals surface area contributed by atoms with Gasteiger partial charge in [0.15, 0.2) is 11.5 Å². The zero-order valence-corrected chi connectivity index (χ0v) is 22.2. The largest absolute Gasteiger partial charge is 0.493 e. The van der Waals surface area contributed by atoms with Gasteiger partial charge in [-0.05, 0) is 54.8 Å². The topological polar surface area (TPSA) is 84.9 Å². The molecule has 192 valence electrons. The Morgan fingerprint density at radius 1 is 1.00 bits per heavy atom. The third-order valence-corrected chi connectivity index (χ3v) is 6.34. The van der Waals surface area contributed by atoms with Crippen LogP contribution in [-0.4, -0.2) is 31.6 Å². The van der Waals surface area contributed by atoms with Crippen molar-refractivity contribution in [3.05, 3.63) is 57.1 Å². The molecule has 0 spiro atoms. The highest BCUT2D eigenvalue weighted by molar-refractivity contribution is 6.40. The van der Waals surface area contributed by atoms with Crippen molar-refractivity contribution in [1.29, 1.82) is 0 Å². The van der Waals surface area contributed by atoms with Crippen LogP contribution in [0.4, 0.5) is 10.5 Å². The maximum absolute atomic E-state index is 13.2. The van der Waals surface area contributed by atoms with E-state index in [-0.39, 0.29) is 16.3 Å². The molecule has 1 fully saturated rings. The number of benzene rings is 2. The van der Waals surface area contributed by atoms with Gasteiger partial charge in [-0.2, -0.15) is 0 Å². The summed E-state index contributed by atoms with van der Waals surface area (Å²) < 4.78 is 11.3. The summed E-state index contributed by atoms with van der Waals surface area (Å²) in [6, 6.07) is 7.20. The number of halogens is 2. The zero-order chi connectivity index (χ0) is 26.2. The highest BCUT2D eigenvalue weighted by Crippen LogP contribution is 2.37. The van der Waals surface area contributed by atoms with Crippen molar-refractivity contribution < 1.29 is 23.9 Å². The number of carbonyl (C=O) groups excluding carboxylic acids is 3. The number of nitrogens with one attached hydrogen (secondary N) is 1. The first-order chi connectivity index (χ1) is 17.3. The van der Waals surface area contributed by atoms with Crippen molar-refractivity contribution in [2.24, 2.45) is 0 Å². The molecule has 2 aromatic carbocycles. The molecule has 1 aliphatic rings. The number of hydrogen-bond acceptors (Lipinski definition) is 5. The van der Waals surface area contributed by atoms with Crippen LogP contribution in [0.5, 0.6) is 11.5 Å². The summed E-state index contributed by atoms with van der Waals surface area (Å²) in [5.41, 5.74) is 1.15. The highest BCUT2D eigenvalue weighted by atomic mass is 35.5. The van der Waals surface area contributed by atoms with Crippen molar-refractivity contribution in [2.75, 3.05) is 18.6 Å². The molecule has 1 heterocycles. The number of rotatable bonds is 11. The number of nitrogens with zero attached hydrogens (tertiary/aromatic N) is 1. The first-order valence-corrected chi connectivity index (χ1v) is 12.7. The van der Waals surface area contributed by atoms with E-state index in [4.69, 9.17) is 32.7 Å². The Kier molecular flexibility index (Phi) is 9.79. The van der Waals surface area contributed by atoms with E-state index in [0.29, 0.717) is 34.3 Å². The fourth-order valence-electron chi connectivity index (χ4n) is 3.89. The van der Waals surface area contributed by atoms with E-state index in [2.05, 4.69) is 12.2 Å². The van der Waals surface area contributed by atoms with E-state index in [1.54, 1.807) is 31.2 Å². The van der Waals surface area contributed by atoms with Gasteiger partial charge >= 0.3 is 6.03 Å². The number of unbranched alkanes of at least 4 members (excludes halogenated alkanes) is 5. The van der Waals surface area contributed by atoms with E-state index in [1.807, 2.05) is 0 Å². The summed E-state index contributed by atoms with van der Waals surface area (Å²) in [7, 11) is 1.49. The first-order valence-electron chi connectivity index (χ1n) is 11.9. The molecule has 0 bridgehead atoms. The average molecular weight is 533 g/mol. The number of anilines is 1. The van der Waals surface area contributed by atoms with Crippen LogP contribution >= 0.6 is 23.2 Å². The lowest BCUT2D eigenvalue weighted by atomic mass is 10.1. The molecule has 0 radical (unpaired) electrons. The predicted octanol–water partition coefficient (Wildman–Crippen LogP) is 6.72. The summed E-state index contributed by atoms with van der Waals surface area (Å²) in [4.78, 5) is 39.2. The van der Waals surface area contributed by atoms with E-state index >= 15 is 0 Å². The molecule has 0 saturated carbocycles. The van der Waals surface area contributed by atoms with E-state index in [1.165, 1.54) is 44.9 Å². The van der Waals surface area contributed by atoms with Crippen molar-refractivity contribution in [3.63, 3.8) is 0 Å². The van der Waals surface area contributed by atoms with Crippen LogP contribution in [0.3, 0.4) is 0 Å². The number of carbonyl (C=O) groups is 3. The molecule has 3 rings (SSSR count). The lowest BCUT2D eigenvalue weighted by Gasteiger charge is -2.27. The van der Waals surface area contributed by atoms with Gasteiger partial charge in [0.05, 0.1) is 24.4 Å². The lowest BCUT2D eigenvalue weighted by molar-refractivity contribution is -0.122. The van der Waals surface area contributed by atoms with E-state index < -0.39 is 17.8 Å². The van der Waals surface area contributed by atoms with Gasteiger partial charge in [-0.15, -0.1) is 0 Å². The van der Waals surface area contributed by atoms with Crippen molar-refractivity contribution >= 4 is 52.8 Å². The Morgan fingerprint density at radius 2 is 1.72 bits per heavy atom. The van der Waals surface area contributed by atoms with Gasteiger partial charge in [-0.1, -0.05) is 68.3 Å². The van der Waals surface area contributed by atoms with Gasteiger partial charge in [-0.3, -0.25) is 14.9 Å². The molecule has 2 aromatic rings. The van der Waals surface area contributed by atoms with Gasteiger partial charge in [0.2, 0.25) is 0 Å². The summed E-state index contributed by atoms with van der Waals surface area (Å²) in [5.74, 6) is -0.796. The van der Waals surface area contributed by atoms with Crippen LogP contribution in [0.1, 0.15) is 56.6 Å². The number of ether oxygens (including phenoxy) is 2. The van der Waals surface area contributed by atoms with Crippen molar-refractivity contribution in [2.45, 2.75) is 52.4 Å². The molecule has 0 unspecified atom stereocenters. The monoisotopic (exact) mass is 532 g/mol. The minimum atomic E-state index is -0.846. The molecule has 1 N–H and O–H groups in total. The van der Waals surface area contributed by atoms with Gasteiger partial charge in [0, 0.05) is 5.02 Å². The molecule has 1 aliphatic heterocycles. The summed E-state index contributed by atoms with van der Waals surface area (Å²) in [6.45, 7) is 4.42.